The first-order valence-electron chi connectivity index (χ1n) is 12.3. The summed E-state index contributed by atoms with van der Waals surface area (Å²) in [7, 11) is 0. The van der Waals surface area contributed by atoms with Crippen LogP contribution in [-0.2, 0) is 25.7 Å². The molecule has 9 nitrogen and oxygen atoms in total. The highest BCUT2D eigenvalue weighted by Gasteiger charge is 2.56. The molecule has 2 fully saturated rings. The summed E-state index contributed by atoms with van der Waals surface area (Å²) < 4.78 is 6.78. The van der Waals surface area contributed by atoms with Crippen LogP contribution in [0.25, 0.3) is 0 Å². The van der Waals surface area contributed by atoms with Gasteiger partial charge in [0.2, 0.25) is 17.7 Å². The third-order valence-electron chi connectivity index (χ3n) is 7.25. The van der Waals surface area contributed by atoms with Crippen molar-refractivity contribution in [2.24, 2.45) is 5.92 Å². The van der Waals surface area contributed by atoms with Crippen LogP contribution in [0.15, 0.2) is 58.4 Å². The minimum Gasteiger partial charge on any atom is -0.508 e. The zero-order valence-electron chi connectivity index (χ0n) is 20.5. The molecule has 38 heavy (non-hydrogen) atoms. The second-order valence-corrected chi connectivity index (χ2v) is 11.7. The van der Waals surface area contributed by atoms with Gasteiger partial charge in [0, 0.05) is 23.9 Å². The van der Waals surface area contributed by atoms with Crippen molar-refractivity contribution in [2.75, 3.05) is 31.2 Å². The van der Waals surface area contributed by atoms with Gasteiger partial charge in [0.05, 0.1) is 29.8 Å². The largest absolute Gasteiger partial charge is 0.508 e. The first kappa shape index (κ1) is 24.9. The quantitative estimate of drug-likeness (QED) is 0.497. The molecule has 6 rings (SSSR count). The third kappa shape index (κ3) is 4.14. The third-order valence-corrected chi connectivity index (χ3v) is 9.85. The Kier molecular flexibility index (Phi) is 6.37. The second kappa shape index (κ2) is 9.72. The van der Waals surface area contributed by atoms with Crippen LogP contribution >= 0.6 is 23.1 Å². The molecule has 1 N–H and O–H groups in total. The van der Waals surface area contributed by atoms with Gasteiger partial charge in [0.15, 0.2) is 0 Å². The van der Waals surface area contributed by atoms with E-state index >= 15 is 0 Å². The predicted molar refractivity (Wildman–Crippen MR) is 143 cm³/mol. The molecule has 2 aromatic carbocycles. The normalized spacial score (nSPS) is 22.9. The van der Waals surface area contributed by atoms with Crippen LogP contribution in [0.2, 0.25) is 0 Å². The summed E-state index contributed by atoms with van der Waals surface area (Å²) in [5.41, 5.74) is 2.24. The number of nitrogens with zero attached hydrogens (tertiary/aromatic N) is 3. The maximum Gasteiger partial charge on any atom is 0.308 e. The number of carbonyl (C=O) groups is 3. The molecule has 2 saturated heterocycles. The van der Waals surface area contributed by atoms with Crippen molar-refractivity contribution in [3.63, 3.8) is 0 Å². The van der Waals surface area contributed by atoms with E-state index < -0.39 is 17.1 Å². The molecule has 0 spiro atoms. The number of carbonyl (C=O) groups excluding carboxylic acids is 3. The first-order valence-corrected chi connectivity index (χ1v) is 14.0. The summed E-state index contributed by atoms with van der Waals surface area (Å²) in [6.07, 6.45) is 0. The summed E-state index contributed by atoms with van der Waals surface area (Å²) in [5.74, 6) is -2.07. The number of morpholine rings is 1. The Labute approximate surface area is 226 Å². The Balaban J connectivity index is 1.43. The number of aryl methyl sites for hydroxylation is 1. The summed E-state index contributed by atoms with van der Waals surface area (Å²) in [5, 5.41) is 9.67. The molecule has 3 amide bonds. The van der Waals surface area contributed by atoms with E-state index in [-0.39, 0.29) is 34.9 Å². The van der Waals surface area contributed by atoms with Gasteiger partial charge in [-0.05, 0) is 36.8 Å². The number of phenols is 1. The Bertz CT molecular complexity index is 1470. The number of fused-ring (bicyclic) bond motifs is 2. The van der Waals surface area contributed by atoms with Crippen LogP contribution in [0.1, 0.15) is 21.9 Å². The standard InChI is InChI=1S/C27H25N3O6S2/c1-15-2-6-17(7-3-15)30-24(33)21-20(16-4-8-18(31)9-5-16)23-26(37-22(21)25(30)34)29(27(35)38-23)14-19(32)28-10-12-36-13-11-28/h2-9,20-22,31H,10-14H2,1H3/t20-,21?,22?/m0/s1. The van der Waals surface area contributed by atoms with Crippen molar-refractivity contribution < 1.29 is 24.2 Å². The molecule has 0 bridgehead atoms. The van der Waals surface area contributed by atoms with Crippen molar-refractivity contribution in [1.82, 2.24) is 9.47 Å². The lowest BCUT2D eigenvalue weighted by atomic mass is 9.83. The lowest BCUT2D eigenvalue weighted by Gasteiger charge is -2.31. The van der Waals surface area contributed by atoms with Gasteiger partial charge in [-0.3, -0.25) is 23.7 Å². The fourth-order valence-electron chi connectivity index (χ4n) is 5.29. The van der Waals surface area contributed by atoms with Crippen LogP contribution in [-0.4, -0.2) is 63.8 Å². The highest BCUT2D eigenvalue weighted by Crippen LogP contribution is 2.54. The van der Waals surface area contributed by atoms with Crippen molar-refractivity contribution in [3.05, 3.63) is 74.2 Å². The molecule has 3 atom stereocenters. The zero-order chi connectivity index (χ0) is 26.6. The smallest absolute Gasteiger partial charge is 0.308 e. The summed E-state index contributed by atoms with van der Waals surface area (Å²) in [4.78, 5) is 57.1. The maximum absolute atomic E-state index is 13.9. The van der Waals surface area contributed by atoms with Crippen LogP contribution in [0, 0.1) is 12.8 Å². The lowest BCUT2D eigenvalue weighted by Crippen LogP contribution is -2.43. The summed E-state index contributed by atoms with van der Waals surface area (Å²) in [6, 6.07) is 13.7. The van der Waals surface area contributed by atoms with Gasteiger partial charge >= 0.3 is 4.87 Å². The van der Waals surface area contributed by atoms with E-state index in [1.54, 1.807) is 29.2 Å². The topological polar surface area (TPSA) is 109 Å². The molecule has 3 aliphatic rings. The average molecular weight is 552 g/mol. The average Bonchev–Trinajstić information content (AvgIpc) is 3.36. The molecule has 0 radical (unpaired) electrons. The Hall–Kier alpha value is -3.41. The fourth-order valence-corrected chi connectivity index (χ4v) is 8.07. The van der Waals surface area contributed by atoms with Gasteiger partial charge in [0.1, 0.15) is 17.5 Å². The molecule has 3 aromatic rings. The molecule has 11 heteroatoms. The SMILES string of the molecule is Cc1ccc(N2C(=O)C3Sc4c(sc(=O)n4CC(=O)N4CCOCC4)[C@@H](c4ccc(O)cc4)C3C2=O)cc1. The van der Waals surface area contributed by atoms with E-state index in [0.29, 0.717) is 41.9 Å². The maximum atomic E-state index is 13.9. The van der Waals surface area contributed by atoms with Crippen LogP contribution in [0.3, 0.4) is 0 Å². The number of phenolic OH excluding ortho intramolecular Hbond substituents is 1. The van der Waals surface area contributed by atoms with Gasteiger partial charge < -0.3 is 14.7 Å². The van der Waals surface area contributed by atoms with Gasteiger partial charge in [-0.2, -0.15) is 0 Å². The van der Waals surface area contributed by atoms with E-state index in [4.69, 9.17) is 4.74 Å². The number of ether oxygens (including phenoxy) is 1. The van der Waals surface area contributed by atoms with Gasteiger partial charge in [0.25, 0.3) is 0 Å². The molecule has 0 aliphatic carbocycles. The minimum atomic E-state index is -0.756. The van der Waals surface area contributed by atoms with E-state index in [9.17, 15) is 24.3 Å². The van der Waals surface area contributed by atoms with Crippen LogP contribution in [0.5, 0.6) is 5.75 Å². The number of hydrogen-bond acceptors (Lipinski definition) is 8. The number of hydrogen-bond donors (Lipinski definition) is 1. The molecule has 3 aliphatic heterocycles. The number of thioether (sulfide) groups is 1. The van der Waals surface area contributed by atoms with Crippen LogP contribution < -0.4 is 9.77 Å². The van der Waals surface area contributed by atoms with Crippen molar-refractivity contribution in [3.8, 4) is 5.75 Å². The van der Waals surface area contributed by atoms with E-state index in [2.05, 4.69) is 0 Å². The highest BCUT2D eigenvalue weighted by molar-refractivity contribution is 8.00. The van der Waals surface area contributed by atoms with Gasteiger partial charge in [-0.1, -0.05) is 52.9 Å². The van der Waals surface area contributed by atoms with E-state index in [1.165, 1.54) is 33.4 Å². The van der Waals surface area contributed by atoms with Crippen molar-refractivity contribution in [2.45, 2.75) is 29.7 Å². The van der Waals surface area contributed by atoms with E-state index in [0.717, 1.165) is 22.5 Å². The lowest BCUT2D eigenvalue weighted by molar-refractivity contribution is -0.136. The highest BCUT2D eigenvalue weighted by atomic mass is 32.2. The number of amides is 3. The number of benzene rings is 2. The molecular weight excluding hydrogens is 526 g/mol. The Morgan fingerprint density at radius 3 is 2.37 bits per heavy atom. The number of anilines is 1. The molecule has 196 valence electrons. The van der Waals surface area contributed by atoms with Crippen molar-refractivity contribution >= 4 is 46.5 Å². The number of imide groups is 1. The Morgan fingerprint density at radius 1 is 1.00 bits per heavy atom. The fraction of sp³-hybridized carbons (Fsp3) is 0.333. The molecule has 4 heterocycles. The molecular formula is C27H25N3O6S2. The number of rotatable bonds is 4. The molecule has 0 saturated carbocycles. The first-order chi connectivity index (χ1) is 18.3. The number of aromatic nitrogens is 1. The number of aromatic hydroxyl groups is 1. The second-order valence-electron chi connectivity index (χ2n) is 9.60. The minimum absolute atomic E-state index is 0.0766. The van der Waals surface area contributed by atoms with Gasteiger partial charge in [-0.25, -0.2) is 4.90 Å². The predicted octanol–water partition coefficient (Wildman–Crippen LogP) is 2.58. The molecule has 1 aromatic heterocycles. The monoisotopic (exact) mass is 551 g/mol. The van der Waals surface area contributed by atoms with Crippen LogP contribution in [0.4, 0.5) is 5.69 Å². The van der Waals surface area contributed by atoms with Crippen molar-refractivity contribution in [1.29, 1.82) is 0 Å². The number of thiazole rings is 1. The Morgan fingerprint density at radius 2 is 1.68 bits per heavy atom. The summed E-state index contributed by atoms with van der Waals surface area (Å²) in [6.45, 7) is 3.63. The summed E-state index contributed by atoms with van der Waals surface area (Å²) >= 11 is 2.21. The van der Waals surface area contributed by atoms with Gasteiger partial charge in [-0.15, -0.1) is 0 Å². The molecule has 2 unspecified atom stereocenters. The zero-order valence-corrected chi connectivity index (χ0v) is 22.2. The van der Waals surface area contributed by atoms with E-state index in [1.807, 2.05) is 19.1 Å².